The summed E-state index contributed by atoms with van der Waals surface area (Å²) in [5, 5.41) is 23.1. The second-order valence-electron chi connectivity index (χ2n) is 24.2. The molecule has 76 heavy (non-hydrogen) atoms. The van der Waals surface area contributed by atoms with E-state index >= 15 is 0 Å². The van der Waals surface area contributed by atoms with E-state index in [0.29, 0.717) is 25.9 Å². The van der Waals surface area contributed by atoms with Crippen LogP contribution < -0.4 is 5.32 Å². The number of allylic oxidation sites excluding steroid dienone is 2. The summed E-state index contributed by atoms with van der Waals surface area (Å²) < 4.78 is 5.51. The quantitative estimate of drug-likeness (QED) is 0.0320. The molecule has 0 saturated heterocycles. The average Bonchev–Trinajstić information content (AvgIpc) is 3.42. The van der Waals surface area contributed by atoms with Gasteiger partial charge < -0.3 is 20.3 Å². The Labute approximate surface area is 476 Å². The molecule has 0 bridgehead atoms. The molecule has 0 heterocycles. The standard InChI is InChI=1S/C70H137NO5/c1-3-5-7-9-11-13-14-15-16-17-31-35-38-41-44-48-52-56-60-64-70(75)76-65-61-57-53-49-45-42-39-36-33-30-28-26-24-22-20-18-19-21-23-25-27-29-32-34-37-40-43-47-51-55-59-63-69(74)71-67(66-72)68(73)62-58-54-50-46-12-10-8-6-4-2/h15-16,67-68,72-73H,3-14,17-66H2,1-2H3,(H,71,74)/b16-15-. The zero-order valence-corrected chi connectivity index (χ0v) is 51.8. The largest absolute Gasteiger partial charge is 0.466 e. The van der Waals surface area contributed by atoms with Gasteiger partial charge in [-0.25, -0.2) is 0 Å². The van der Waals surface area contributed by atoms with Crippen molar-refractivity contribution in [1.82, 2.24) is 5.32 Å². The molecule has 0 aliphatic rings. The van der Waals surface area contributed by atoms with Crippen LogP contribution in [0.1, 0.15) is 399 Å². The smallest absolute Gasteiger partial charge is 0.305 e. The predicted molar refractivity (Wildman–Crippen MR) is 333 cm³/mol. The number of hydrogen-bond donors (Lipinski definition) is 3. The Morgan fingerprint density at radius 3 is 0.934 bits per heavy atom. The van der Waals surface area contributed by atoms with Crippen molar-refractivity contribution < 1.29 is 24.5 Å². The Morgan fingerprint density at radius 1 is 0.355 bits per heavy atom. The van der Waals surface area contributed by atoms with Crippen LogP contribution in [0.15, 0.2) is 12.2 Å². The van der Waals surface area contributed by atoms with Crippen molar-refractivity contribution in [3.8, 4) is 0 Å². The lowest BCUT2D eigenvalue weighted by molar-refractivity contribution is -0.143. The fraction of sp³-hybridized carbons (Fsp3) is 0.943. The zero-order valence-electron chi connectivity index (χ0n) is 51.8. The van der Waals surface area contributed by atoms with Crippen LogP contribution in [0.3, 0.4) is 0 Å². The Balaban J connectivity index is 3.27. The zero-order chi connectivity index (χ0) is 55.0. The minimum Gasteiger partial charge on any atom is -0.466 e. The molecule has 3 N–H and O–H groups in total. The number of hydrogen-bond acceptors (Lipinski definition) is 5. The fourth-order valence-corrected chi connectivity index (χ4v) is 11.2. The summed E-state index contributed by atoms with van der Waals surface area (Å²) in [6.45, 7) is 4.96. The molecular weight excluding hydrogens is 935 g/mol. The molecule has 0 spiro atoms. The van der Waals surface area contributed by atoms with Gasteiger partial charge in [-0.1, -0.05) is 347 Å². The van der Waals surface area contributed by atoms with Crippen LogP contribution in [-0.2, 0) is 14.3 Å². The molecule has 6 heteroatoms. The Morgan fingerprint density at radius 2 is 0.618 bits per heavy atom. The van der Waals surface area contributed by atoms with Gasteiger partial charge in [-0.05, 0) is 51.4 Å². The number of ether oxygens (including phenoxy) is 1. The first kappa shape index (κ1) is 74.6. The van der Waals surface area contributed by atoms with Gasteiger partial charge in [-0.2, -0.15) is 0 Å². The Hall–Kier alpha value is -1.40. The van der Waals surface area contributed by atoms with E-state index in [-0.39, 0.29) is 18.5 Å². The van der Waals surface area contributed by atoms with Crippen LogP contribution in [0.25, 0.3) is 0 Å². The predicted octanol–water partition coefficient (Wildman–Crippen LogP) is 22.4. The number of carbonyl (C=O) groups is 2. The molecule has 0 fully saturated rings. The fourth-order valence-electron chi connectivity index (χ4n) is 11.2. The van der Waals surface area contributed by atoms with Gasteiger partial charge in [0.25, 0.3) is 0 Å². The highest BCUT2D eigenvalue weighted by atomic mass is 16.5. The molecule has 0 aliphatic heterocycles. The van der Waals surface area contributed by atoms with Crippen molar-refractivity contribution in [3.63, 3.8) is 0 Å². The van der Waals surface area contributed by atoms with E-state index in [1.165, 1.54) is 327 Å². The van der Waals surface area contributed by atoms with Gasteiger partial charge in [-0.3, -0.25) is 9.59 Å². The van der Waals surface area contributed by atoms with E-state index in [1.54, 1.807) is 0 Å². The van der Waals surface area contributed by atoms with E-state index in [2.05, 4.69) is 31.3 Å². The molecule has 452 valence electrons. The van der Waals surface area contributed by atoms with Gasteiger partial charge in [0.2, 0.25) is 5.91 Å². The summed E-state index contributed by atoms with van der Waals surface area (Å²) in [5.41, 5.74) is 0. The number of nitrogens with one attached hydrogen (secondary N) is 1. The third-order valence-electron chi connectivity index (χ3n) is 16.6. The molecule has 0 aromatic carbocycles. The number of aliphatic hydroxyl groups is 2. The van der Waals surface area contributed by atoms with Crippen molar-refractivity contribution in [2.24, 2.45) is 0 Å². The van der Waals surface area contributed by atoms with Crippen LogP contribution in [0.2, 0.25) is 0 Å². The SMILES string of the molecule is CCCCCCCC/C=C\CCCCCCCCCCCC(=O)OCCCCCCCCCCCCCCCCCCCCCCCCCCCCCCCCCC(=O)NC(CO)C(O)CCCCCCCCCCC. The van der Waals surface area contributed by atoms with Crippen molar-refractivity contribution in [3.05, 3.63) is 12.2 Å². The maximum atomic E-state index is 12.4. The van der Waals surface area contributed by atoms with Crippen LogP contribution in [-0.4, -0.2) is 47.4 Å². The van der Waals surface area contributed by atoms with E-state index < -0.39 is 12.1 Å². The second kappa shape index (κ2) is 66.1. The number of amides is 1. The number of aliphatic hydroxyl groups excluding tert-OH is 2. The summed E-state index contributed by atoms with van der Waals surface area (Å²) in [4.78, 5) is 24.5. The topological polar surface area (TPSA) is 95.9 Å². The minimum atomic E-state index is -0.658. The van der Waals surface area contributed by atoms with E-state index in [0.717, 1.165) is 38.5 Å². The van der Waals surface area contributed by atoms with Crippen LogP contribution in [0.4, 0.5) is 0 Å². The van der Waals surface area contributed by atoms with Gasteiger partial charge in [0, 0.05) is 12.8 Å². The van der Waals surface area contributed by atoms with Crippen molar-refractivity contribution in [2.75, 3.05) is 13.2 Å². The number of carbonyl (C=O) groups excluding carboxylic acids is 2. The first-order valence-electron chi connectivity index (χ1n) is 34.9. The van der Waals surface area contributed by atoms with Crippen LogP contribution >= 0.6 is 0 Å². The molecule has 6 nitrogen and oxygen atoms in total. The van der Waals surface area contributed by atoms with E-state index in [4.69, 9.17) is 4.74 Å². The molecule has 0 rings (SSSR count). The van der Waals surface area contributed by atoms with Gasteiger partial charge in [-0.15, -0.1) is 0 Å². The normalized spacial score (nSPS) is 12.5. The molecule has 2 unspecified atom stereocenters. The number of esters is 1. The maximum absolute atomic E-state index is 12.4. The van der Waals surface area contributed by atoms with Gasteiger partial charge >= 0.3 is 5.97 Å². The second-order valence-corrected chi connectivity index (χ2v) is 24.2. The summed E-state index contributed by atoms with van der Waals surface area (Å²) in [6, 6.07) is -0.535. The molecule has 1 amide bonds. The Bertz CT molecular complexity index is 1140. The molecule has 0 aliphatic carbocycles. The molecular formula is C70H137NO5. The average molecular weight is 1070 g/mol. The third kappa shape index (κ3) is 61.8. The highest BCUT2D eigenvalue weighted by Gasteiger charge is 2.20. The number of rotatable bonds is 66. The molecule has 2 atom stereocenters. The van der Waals surface area contributed by atoms with Crippen molar-refractivity contribution >= 4 is 11.9 Å². The molecule has 0 radical (unpaired) electrons. The van der Waals surface area contributed by atoms with Crippen molar-refractivity contribution in [1.29, 1.82) is 0 Å². The van der Waals surface area contributed by atoms with Gasteiger partial charge in [0.05, 0.1) is 25.4 Å². The monoisotopic (exact) mass is 1070 g/mol. The highest BCUT2D eigenvalue weighted by molar-refractivity contribution is 5.76. The highest BCUT2D eigenvalue weighted by Crippen LogP contribution is 2.19. The summed E-state index contributed by atoms with van der Waals surface area (Å²) in [5.74, 6) is -0.0101. The van der Waals surface area contributed by atoms with Gasteiger partial charge in [0.1, 0.15) is 0 Å². The lowest BCUT2D eigenvalue weighted by atomic mass is 10.0. The summed E-state index contributed by atoms with van der Waals surface area (Å²) >= 11 is 0. The van der Waals surface area contributed by atoms with Crippen LogP contribution in [0, 0.1) is 0 Å². The van der Waals surface area contributed by atoms with Crippen LogP contribution in [0.5, 0.6) is 0 Å². The Kier molecular flexibility index (Phi) is 64.9. The first-order chi connectivity index (χ1) is 37.5. The third-order valence-corrected chi connectivity index (χ3v) is 16.6. The lowest BCUT2D eigenvalue weighted by Crippen LogP contribution is -2.45. The number of unbranched alkanes of at least 4 members (excludes halogenated alkanes) is 53. The first-order valence-corrected chi connectivity index (χ1v) is 34.9. The van der Waals surface area contributed by atoms with E-state index in [1.807, 2.05) is 0 Å². The maximum Gasteiger partial charge on any atom is 0.305 e. The molecule has 0 saturated carbocycles. The summed E-state index contributed by atoms with van der Waals surface area (Å²) in [6.07, 6.45) is 81.4. The van der Waals surface area contributed by atoms with E-state index in [9.17, 15) is 19.8 Å². The lowest BCUT2D eigenvalue weighted by Gasteiger charge is -2.22. The van der Waals surface area contributed by atoms with Crippen molar-refractivity contribution in [2.45, 2.75) is 411 Å². The van der Waals surface area contributed by atoms with Gasteiger partial charge in [0.15, 0.2) is 0 Å². The minimum absolute atomic E-state index is 0.0210. The molecule has 0 aromatic heterocycles. The summed E-state index contributed by atoms with van der Waals surface area (Å²) in [7, 11) is 0. The molecule has 0 aromatic rings.